The first kappa shape index (κ1) is 18.0. The van der Waals surface area contributed by atoms with E-state index in [0.717, 1.165) is 5.56 Å². The van der Waals surface area contributed by atoms with Crippen molar-refractivity contribution in [3.05, 3.63) is 65.7 Å². The van der Waals surface area contributed by atoms with E-state index in [-0.39, 0.29) is 17.9 Å². The fourth-order valence-corrected chi connectivity index (χ4v) is 3.20. The smallest absolute Gasteiger partial charge is 0.306 e. The molecule has 0 unspecified atom stereocenters. The second-order valence-corrected chi connectivity index (χ2v) is 6.66. The van der Waals surface area contributed by atoms with Gasteiger partial charge in [0.25, 0.3) is 5.91 Å². The minimum absolute atomic E-state index is 0.0482. The topological polar surface area (TPSA) is 75.6 Å². The van der Waals surface area contributed by atoms with Crippen LogP contribution < -0.4 is 10.1 Å². The maximum absolute atomic E-state index is 12.4. The van der Waals surface area contributed by atoms with Gasteiger partial charge >= 0.3 is 5.97 Å². The normalized spacial score (nSPS) is 19.5. The van der Waals surface area contributed by atoms with Gasteiger partial charge in [0.05, 0.1) is 5.92 Å². The zero-order chi connectivity index (χ0) is 18.4. The molecule has 0 bridgehead atoms. The predicted octanol–water partition coefficient (Wildman–Crippen LogP) is 3.64. The average molecular weight is 353 g/mol. The summed E-state index contributed by atoms with van der Waals surface area (Å²) in [4.78, 5) is 23.3. The van der Waals surface area contributed by atoms with Gasteiger partial charge in [0.15, 0.2) is 0 Å². The maximum atomic E-state index is 12.4. The summed E-state index contributed by atoms with van der Waals surface area (Å²) < 4.78 is 5.72. The molecule has 2 aromatic carbocycles. The Labute approximate surface area is 153 Å². The number of ether oxygens (including phenoxy) is 1. The summed E-state index contributed by atoms with van der Waals surface area (Å²) in [5, 5.41) is 12.0. The summed E-state index contributed by atoms with van der Waals surface area (Å²) in [6.07, 6.45) is 2.65. The number of benzene rings is 2. The Balaban J connectivity index is 1.48. The summed E-state index contributed by atoms with van der Waals surface area (Å²) in [7, 11) is 0. The number of carbonyl (C=O) groups excluding carboxylic acids is 1. The standard InChI is InChI=1S/C21H23NO4/c23-20(22-18-10-6-17(7-11-18)21(24)25)16-8-12-19(13-9-16)26-14-15-4-2-1-3-5-15/h1-5,8-9,12-13,17-18H,6-7,10-11,14H2,(H,22,23)(H,24,25). The second kappa shape index (κ2) is 8.52. The molecule has 0 spiro atoms. The van der Waals surface area contributed by atoms with Crippen molar-refractivity contribution in [3.63, 3.8) is 0 Å². The van der Waals surface area contributed by atoms with Crippen molar-refractivity contribution < 1.29 is 19.4 Å². The van der Waals surface area contributed by atoms with Gasteiger partial charge in [0, 0.05) is 11.6 Å². The van der Waals surface area contributed by atoms with E-state index in [1.165, 1.54) is 0 Å². The van der Waals surface area contributed by atoms with Gasteiger partial charge in [0.2, 0.25) is 0 Å². The van der Waals surface area contributed by atoms with E-state index < -0.39 is 5.97 Å². The minimum Gasteiger partial charge on any atom is -0.489 e. The maximum Gasteiger partial charge on any atom is 0.306 e. The van der Waals surface area contributed by atoms with Gasteiger partial charge in [-0.25, -0.2) is 0 Å². The summed E-state index contributed by atoms with van der Waals surface area (Å²) >= 11 is 0. The van der Waals surface area contributed by atoms with Crippen molar-refractivity contribution in [2.24, 2.45) is 5.92 Å². The zero-order valence-corrected chi connectivity index (χ0v) is 14.6. The minimum atomic E-state index is -0.735. The van der Waals surface area contributed by atoms with E-state index in [4.69, 9.17) is 9.84 Å². The lowest BCUT2D eigenvalue weighted by atomic mass is 9.86. The first-order chi connectivity index (χ1) is 12.6. The molecule has 0 radical (unpaired) electrons. The highest BCUT2D eigenvalue weighted by Crippen LogP contribution is 2.24. The van der Waals surface area contributed by atoms with Crippen molar-refractivity contribution in [2.45, 2.75) is 38.3 Å². The lowest BCUT2D eigenvalue weighted by Crippen LogP contribution is -2.38. The molecule has 2 N–H and O–H groups in total. The Hall–Kier alpha value is -2.82. The van der Waals surface area contributed by atoms with Crippen LogP contribution in [0.5, 0.6) is 5.75 Å². The Morgan fingerprint density at radius 2 is 1.62 bits per heavy atom. The third kappa shape index (κ3) is 4.85. The quantitative estimate of drug-likeness (QED) is 0.831. The van der Waals surface area contributed by atoms with Crippen LogP contribution in [-0.4, -0.2) is 23.0 Å². The molecule has 1 amide bonds. The van der Waals surface area contributed by atoms with Gasteiger partial charge < -0.3 is 15.2 Å². The van der Waals surface area contributed by atoms with Gasteiger partial charge in [0.1, 0.15) is 12.4 Å². The number of aliphatic carboxylic acids is 1. The Bertz CT molecular complexity index is 734. The van der Waals surface area contributed by atoms with Crippen molar-refractivity contribution in [1.82, 2.24) is 5.32 Å². The Morgan fingerprint density at radius 1 is 0.962 bits per heavy atom. The lowest BCUT2D eigenvalue weighted by molar-refractivity contribution is -0.142. The van der Waals surface area contributed by atoms with Gasteiger partial charge in [-0.3, -0.25) is 9.59 Å². The van der Waals surface area contributed by atoms with Crippen LogP contribution in [0.4, 0.5) is 0 Å². The van der Waals surface area contributed by atoms with E-state index in [1.54, 1.807) is 24.3 Å². The van der Waals surface area contributed by atoms with Crippen LogP contribution in [0.3, 0.4) is 0 Å². The van der Waals surface area contributed by atoms with Gasteiger partial charge in [-0.15, -0.1) is 0 Å². The second-order valence-electron chi connectivity index (χ2n) is 6.66. The molecule has 5 heteroatoms. The number of rotatable bonds is 6. The molecule has 0 atom stereocenters. The van der Waals surface area contributed by atoms with E-state index in [1.807, 2.05) is 30.3 Å². The monoisotopic (exact) mass is 353 g/mol. The summed E-state index contributed by atoms with van der Waals surface area (Å²) in [5.74, 6) is -0.421. The molecular formula is C21H23NO4. The highest BCUT2D eigenvalue weighted by molar-refractivity contribution is 5.94. The number of nitrogens with one attached hydrogen (secondary N) is 1. The van der Waals surface area contributed by atoms with E-state index >= 15 is 0 Å². The van der Waals surface area contributed by atoms with Crippen molar-refractivity contribution in [1.29, 1.82) is 0 Å². The predicted molar refractivity (Wildman–Crippen MR) is 98.1 cm³/mol. The van der Waals surface area contributed by atoms with E-state index in [2.05, 4.69) is 5.32 Å². The van der Waals surface area contributed by atoms with Crippen molar-refractivity contribution in [3.8, 4) is 5.75 Å². The molecule has 0 aromatic heterocycles. The van der Waals surface area contributed by atoms with Crippen LogP contribution in [0, 0.1) is 5.92 Å². The van der Waals surface area contributed by atoms with Crippen molar-refractivity contribution >= 4 is 11.9 Å². The largest absolute Gasteiger partial charge is 0.489 e. The molecule has 1 fully saturated rings. The summed E-state index contributed by atoms with van der Waals surface area (Å²) in [6, 6.07) is 17.0. The first-order valence-electron chi connectivity index (χ1n) is 8.92. The van der Waals surface area contributed by atoms with Crippen LogP contribution in [0.1, 0.15) is 41.6 Å². The molecule has 0 saturated heterocycles. The summed E-state index contributed by atoms with van der Waals surface area (Å²) in [5.41, 5.74) is 1.67. The van der Waals surface area contributed by atoms with Gasteiger partial charge in [-0.2, -0.15) is 0 Å². The number of carboxylic acids is 1. The SMILES string of the molecule is O=C(NC1CCC(C(=O)O)CC1)c1ccc(OCc2ccccc2)cc1. The lowest BCUT2D eigenvalue weighted by Gasteiger charge is -2.26. The molecule has 1 saturated carbocycles. The molecule has 0 heterocycles. The number of hydrogen-bond donors (Lipinski definition) is 2. The fraction of sp³-hybridized carbons (Fsp3) is 0.333. The molecule has 1 aliphatic carbocycles. The molecule has 136 valence electrons. The molecular weight excluding hydrogens is 330 g/mol. The first-order valence-corrected chi connectivity index (χ1v) is 8.92. The molecule has 0 aliphatic heterocycles. The Morgan fingerprint density at radius 3 is 2.23 bits per heavy atom. The van der Waals surface area contributed by atoms with E-state index in [9.17, 15) is 9.59 Å². The summed E-state index contributed by atoms with van der Waals surface area (Å²) in [6.45, 7) is 0.485. The molecule has 26 heavy (non-hydrogen) atoms. The molecule has 1 aliphatic rings. The number of hydrogen-bond acceptors (Lipinski definition) is 3. The molecule has 3 rings (SSSR count). The zero-order valence-electron chi connectivity index (χ0n) is 14.6. The third-order valence-electron chi connectivity index (χ3n) is 4.78. The van der Waals surface area contributed by atoms with Crippen LogP contribution in [0.25, 0.3) is 0 Å². The van der Waals surface area contributed by atoms with Crippen LogP contribution >= 0.6 is 0 Å². The van der Waals surface area contributed by atoms with Crippen LogP contribution in [0.15, 0.2) is 54.6 Å². The Kier molecular flexibility index (Phi) is 5.89. The highest BCUT2D eigenvalue weighted by atomic mass is 16.5. The van der Waals surface area contributed by atoms with Crippen molar-refractivity contribution in [2.75, 3.05) is 0 Å². The molecule has 5 nitrogen and oxygen atoms in total. The highest BCUT2D eigenvalue weighted by Gasteiger charge is 2.26. The average Bonchev–Trinajstić information content (AvgIpc) is 2.68. The fourth-order valence-electron chi connectivity index (χ4n) is 3.20. The number of carbonyl (C=O) groups is 2. The van der Waals surface area contributed by atoms with Gasteiger partial charge in [-0.05, 0) is 55.5 Å². The van der Waals surface area contributed by atoms with Crippen LogP contribution in [0.2, 0.25) is 0 Å². The van der Waals surface area contributed by atoms with Crippen LogP contribution in [-0.2, 0) is 11.4 Å². The molecule has 2 aromatic rings. The third-order valence-corrected chi connectivity index (χ3v) is 4.78. The number of carboxylic acid groups (broad SMARTS) is 1. The van der Waals surface area contributed by atoms with Gasteiger partial charge in [-0.1, -0.05) is 30.3 Å². The van der Waals surface area contributed by atoms with E-state index in [0.29, 0.717) is 43.6 Å². The number of amides is 1.